The summed E-state index contributed by atoms with van der Waals surface area (Å²) in [5, 5.41) is 1.26. The molecule has 0 aliphatic heterocycles. The van der Waals surface area contributed by atoms with Crippen molar-refractivity contribution in [1.82, 2.24) is 15.0 Å². The first kappa shape index (κ1) is 38.3. The fourth-order valence-corrected chi connectivity index (χ4v) is 6.60. The van der Waals surface area contributed by atoms with Crippen LogP contribution in [0.25, 0.3) is 45.7 Å². The molecule has 2 aromatic carbocycles. The summed E-state index contributed by atoms with van der Waals surface area (Å²) >= 11 is 0. The van der Waals surface area contributed by atoms with E-state index in [-0.39, 0.29) is 20.1 Å². The smallest absolute Gasteiger partial charge is 0.0888 e. The molecule has 3 heterocycles. The number of aryl methyl sites for hydroxylation is 2. The summed E-state index contributed by atoms with van der Waals surface area (Å²) in [5.41, 5.74) is 10.4. The molecule has 49 heavy (non-hydrogen) atoms. The van der Waals surface area contributed by atoms with Crippen LogP contribution in [0, 0.1) is 6.07 Å². The predicted octanol–water partition coefficient (Wildman–Crippen LogP) is 12.9. The van der Waals surface area contributed by atoms with E-state index in [1.165, 1.54) is 118 Å². The SMILES string of the molecule is CCCCCCCCCc1ccnc(-c2cc(CCCCCCCCC)ccn2)c1.[Ir].[c-]1ccccc1-c1cc2c3c(cccc3n1)C=C2. The third kappa shape index (κ3) is 12.1. The van der Waals surface area contributed by atoms with Gasteiger partial charge in [0.25, 0.3) is 0 Å². The van der Waals surface area contributed by atoms with Crippen LogP contribution in [0.2, 0.25) is 0 Å². The zero-order chi connectivity index (χ0) is 33.2. The molecule has 259 valence electrons. The molecule has 0 saturated heterocycles. The van der Waals surface area contributed by atoms with E-state index in [9.17, 15) is 0 Å². The van der Waals surface area contributed by atoms with Crippen LogP contribution in [0.3, 0.4) is 0 Å². The summed E-state index contributed by atoms with van der Waals surface area (Å²) in [4.78, 5) is 13.9. The van der Waals surface area contributed by atoms with Gasteiger partial charge in [0.1, 0.15) is 0 Å². The summed E-state index contributed by atoms with van der Waals surface area (Å²) in [7, 11) is 0. The first-order chi connectivity index (χ1) is 23.7. The van der Waals surface area contributed by atoms with Crippen LogP contribution in [-0.2, 0) is 32.9 Å². The zero-order valence-electron chi connectivity index (χ0n) is 29.7. The van der Waals surface area contributed by atoms with Gasteiger partial charge < -0.3 is 0 Å². The molecule has 6 rings (SSSR count). The molecule has 0 spiro atoms. The summed E-state index contributed by atoms with van der Waals surface area (Å²) in [6, 6.07) is 28.4. The number of pyridine rings is 3. The van der Waals surface area contributed by atoms with Crippen molar-refractivity contribution in [3.63, 3.8) is 0 Å². The molecule has 0 amide bonds. The Hall–Kier alpha value is -3.46. The first-order valence-electron chi connectivity index (χ1n) is 18.7. The van der Waals surface area contributed by atoms with Crippen molar-refractivity contribution >= 4 is 23.1 Å². The molecular weight excluding hydrogens is 775 g/mol. The first-order valence-corrected chi connectivity index (χ1v) is 18.7. The van der Waals surface area contributed by atoms with Crippen molar-refractivity contribution in [2.45, 2.75) is 117 Å². The third-order valence-corrected chi connectivity index (χ3v) is 9.37. The molecule has 1 aliphatic carbocycles. The standard InChI is InChI=1S/C28H44N2.C17H10N.Ir/c1-3-5-7-9-11-13-15-17-25-19-21-29-27(23-25)28-24-26(20-22-30-28)18-16-14-12-10-8-6-4-2;1-2-5-12(6-3-1)16-11-14-10-9-13-7-4-8-15(18-16)17(13)14;/h19-24H,3-18H2,1-2H3;1-5,7-11H;/q;-1;. The third-order valence-electron chi connectivity index (χ3n) is 9.37. The molecule has 0 bridgehead atoms. The summed E-state index contributed by atoms with van der Waals surface area (Å²) in [5.74, 6) is 0. The summed E-state index contributed by atoms with van der Waals surface area (Å²) < 4.78 is 0. The van der Waals surface area contributed by atoms with Gasteiger partial charge in [-0.3, -0.25) is 15.0 Å². The van der Waals surface area contributed by atoms with Crippen molar-refractivity contribution in [2.75, 3.05) is 0 Å². The molecule has 0 fully saturated rings. The minimum atomic E-state index is 0. The molecule has 1 aliphatic rings. The Labute approximate surface area is 309 Å². The van der Waals surface area contributed by atoms with E-state index in [0.717, 1.165) is 41.0 Å². The Kier molecular flexibility index (Phi) is 16.9. The zero-order valence-corrected chi connectivity index (χ0v) is 32.1. The van der Waals surface area contributed by atoms with E-state index in [1.54, 1.807) is 0 Å². The Morgan fingerprint density at radius 3 is 1.67 bits per heavy atom. The number of aromatic nitrogens is 3. The van der Waals surface area contributed by atoms with Gasteiger partial charge in [0, 0.05) is 37.9 Å². The van der Waals surface area contributed by atoms with E-state index in [2.05, 4.69) is 90.6 Å². The molecule has 0 atom stereocenters. The van der Waals surface area contributed by atoms with Gasteiger partial charge in [-0.05, 0) is 84.0 Å². The number of unbranched alkanes of at least 4 members (excludes halogenated alkanes) is 12. The van der Waals surface area contributed by atoms with Gasteiger partial charge in [-0.1, -0.05) is 121 Å². The molecule has 5 aromatic rings. The molecule has 3 aromatic heterocycles. The fraction of sp³-hybridized carbons (Fsp3) is 0.400. The minimum absolute atomic E-state index is 0. The van der Waals surface area contributed by atoms with E-state index >= 15 is 0 Å². The van der Waals surface area contributed by atoms with Crippen molar-refractivity contribution in [3.05, 3.63) is 114 Å². The van der Waals surface area contributed by atoms with E-state index in [1.807, 2.05) is 36.7 Å². The molecule has 0 unspecified atom stereocenters. The van der Waals surface area contributed by atoms with Gasteiger partial charge in [0.2, 0.25) is 0 Å². The van der Waals surface area contributed by atoms with Crippen molar-refractivity contribution < 1.29 is 20.1 Å². The van der Waals surface area contributed by atoms with Gasteiger partial charge in [-0.2, -0.15) is 0 Å². The van der Waals surface area contributed by atoms with Gasteiger partial charge in [-0.25, -0.2) is 0 Å². The van der Waals surface area contributed by atoms with Gasteiger partial charge >= 0.3 is 0 Å². The van der Waals surface area contributed by atoms with E-state index < -0.39 is 0 Å². The number of rotatable bonds is 18. The van der Waals surface area contributed by atoms with E-state index in [4.69, 9.17) is 4.98 Å². The largest absolute Gasteiger partial charge is 0.296 e. The average molecular weight is 829 g/mol. The van der Waals surface area contributed by atoms with Crippen molar-refractivity contribution in [1.29, 1.82) is 0 Å². The van der Waals surface area contributed by atoms with Crippen molar-refractivity contribution in [3.8, 4) is 22.6 Å². The molecule has 0 saturated carbocycles. The van der Waals surface area contributed by atoms with Crippen molar-refractivity contribution in [2.24, 2.45) is 0 Å². The Bertz CT molecular complexity index is 1650. The van der Waals surface area contributed by atoms with Crippen LogP contribution in [0.15, 0.2) is 85.2 Å². The monoisotopic (exact) mass is 829 g/mol. The van der Waals surface area contributed by atoms with Gasteiger partial charge in [0.15, 0.2) is 0 Å². The van der Waals surface area contributed by atoms with Crippen LogP contribution >= 0.6 is 0 Å². The number of nitrogens with zero attached hydrogens (tertiary/aromatic N) is 3. The second kappa shape index (κ2) is 21.6. The fourth-order valence-electron chi connectivity index (χ4n) is 6.60. The van der Waals surface area contributed by atoms with Crippen LogP contribution in [0.4, 0.5) is 0 Å². The Balaban J connectivity index is 0.000000240. The van der Waals surface area contributed by atoms with Gasteiger partial charge in [0.05, 0.1) is 16.9 Å². The average Bonchev–Trinajstić information content (AvgIpc) is 3.56. The second-order valence-electron chi connectivity index (χ2n) is 13.3. The minimum Gasteiger partial charge on any atom is -0.296 e. The quantitative estimate of drug-likeness (QED) is 0.0640. The van der Waals surface area contributed by atoms with Crippen LogP contribution < -0.4 is 0 Å². The second-order valence-corrected chi connectivity index (χ2v) is 13.3. The summed E-state index contributed by atoms with van der Waals surface area (Å²) in [6.07, 6.45) is 29.5. The molecule has 4 heteroatoms. The predicted molar refractivity (Wildman–Crippen MR) is 206 cm³/mol. The number of hydrogen-bond donors (Lipinski definition) is 0. The maximum atomic E-state index is 4.74. The van der Waals surface area contributed by atoms with E-state index in [0.29, 0.717) is 0 Å². The maximum Gasteiger partial charge on any atom is 0.0888 e. The Morgan fingerprint density at radius 2 is 1.10 bits per heavy atom. The number of benzene rings is 2. The van der Waals surface area contributed by atoms with Crippen LogP contribution in [0.1, 0.15) is 126 Å². The molecule has 0 N–H and O–H groups in total. The molecule has 3 nitrogen and oxygen atoms in total. The molecular formula is C45H54IrN3-. The Morgan fingerprint density at radius 1 is 0.531 bits per heavy atom. The maximum absolute atomic E-state index is 4.74. The molecule has 1 radical (unpaired) electrons. The summed E-state index contributed by atoms with van der Waals surface area (Å²) in [6.45, 7) is 4.56. The number of hydrogen-bond acceptors (Lipinski definition) is 3. The van der Waals surface area contributed by atoms with Crippen LogP contribution in [0.5, 0.6) is 0 Å². The normalized spacial score (nSPS) is 11.3. The van der Waals surface area contributed by atoms with Crippen LogP contribution in [-0.4, -0.2) is 15.0 Å². The topological polar surface area (TPSA) is 38.7 Å². The van der Waals surface area contributed by atoms with Gasteiger partial charge in [-0.15, -0.1) is 35.9 Å².